The third kappa shape index (κ3) is 1.99. The maximum absolute atomic E-state index is 3.68. The molecule has 96 valence electrons. The van der Waals surface area contributed by atoms with Gasteiger partial charge in [0.2, 0.25) is 0 Å². The summed E-state index contributed by atoms with van der Waals surface area (Å²) in [5, 5.41) is 8.54. The van der Waals surface area contributed by atoms with Crippen LogP contribution in [0.3, 0.4) is 0 Å². The van der Waals surface area contributed by atoms with Crippen molar-refractivity contribution < 1.29 is 0 Å². The average molecular weight is 243 g/mol. The van der Waals surface area contributed by atoms with Gasteiger partial charge in [-0.1, -0.05) is 18.2 Å². The van der Waals surface area contributed by atoms with Crippen molar-refractivity contribution in [3.63, 3.8) is 0 Å². The Morgan fingerprint density at radius 1 is 1.33 bits per heavy atom. The zero-order chi connectivity index (χ0) is 12.8. The molecule has 18 heavy (non-hydrogen) atoms. The number of rotatable bonds is 2. The minimum Gasteiger partial charge on any atom is -0.379 e. The van der Waals surface area contributed by atoms with Crippen molar-refractivity contribution in [2.45, 2.75) is 31.8 Å². The van der Waals surface area contributed by atoms with Gasteiger partial charge in [0.05, 0.1) is 5.69 Å². The molecule has 1 saturated heterocycles. The van der Waals surface area contributed by atoms with Crippen LogP contribution in [0.5, 0.6) is 0 Å². The maximum atomic E-state index is 3.68. The molecule has 1 unspecified atom stereocenters. The zero-order valence-corrected chi connectivity index (χ0v) is 11.3. The van der Waals surface area contributed by atoms with Gasteiger partial charge in [-0.3, -0.25) is 0 Å². The molecule has 0 amide bonds. The molecule has 0 spiro atoms. The maximum Gasteiger partial charge on any atom is 0.0602 e. The molecule has 1 fully saturated rings. The molecule has 1 aliphatic rings. The second-order valence-corrected chi connectivity index (χ2v) is 5.98. The first-order chi connectivity index (χ1) is 8.55. The Morgan fingerprint density at radius 3 is 2.83 bits per heavy atom. The second-order valence-electron chi connectivity index (χ2n) is 5.98. The Labute approximate surface area is 108 Å². The summed E-state index contributed by atoms with van der Waals surface area (Å²) >= 11 is 0. The fourth-order valence-corrected chi connectivity index (χ4v) is 2.94. The quantitative estimate of drug-likeness (QED) is 0.849. The topological polar surface area (TPSA) is 29.0 Å². The van der Waals surface area contributed by atoms with Crippen LogP contribution in [0.25, 0.3) is 10.9 Å². The molecule has 2 N–H and O–H groups in total. The van der Waals surface area contributed by atoms with Crippen molar-refractivity contribution in [1.29, 1.82) is 0 Å². The van der Waals surface area contributed by atoms with E-state index in [-0.39, 0.29) is 5.54 Å². The van der Waals surface area contributed by atoms with E-state index in [0.717, 1.165) is 13.0 Å². The summed E-state index contributed by atoms with van der Waals surface area (Å²) in [5.74, 6) is 0. The Kier molecular flexibility index (Phi) is 2.59. The van der Waals surface area contributed by atoms with E-state index in [0.29, 0.717) is 6.04 Å². The van der Waals surface area contributed by atoms with Gasteiger partial charge in [-0.2, -0.15) is 0 Å². The predicted molar refractivity (Wildman–Crippen MR) is 77.0 cm³/mol. The van der Waals surface area contributed by atoms with Crippen LogP contribution in [0.2, 0.25) is 0 Å². The summed E-state index contributed by atoms with van der Waals surface area (Å²) in [6, 6.07) is 9.06. The Morgan fingerprint density at radius 2 is 2.11 bits per heavy atom. The van der Waals surface area contributed by atoms with Gasteiger partial charge >= 0.3 is 0 Å². The predicted octanol–water partition coefficient (Wildman–Crippen LogP) is 2.73. The van der Waals surface area contributed by atoms with Gasteiger partial charge < -0.3 is 15.2 Å². The molecule has 1 aromatic carbocycles. The molecule has 1 aliphatic heterocycles. The van der Waals surface area contributed by atoms with Crippen LogP contribution in [0.4, 0.5) is 5.69 Å². The van der Waals surface area contributed by atoms with Crippen molar-refractivity contribution in [3.8, 4) is 0 Å². The molecule has 0 radical (unpaired) electrons. The first kappa shape index (κ1) is 11.6. The Balaban J connectivity index is 1.87. The molecule has 2 aromatic rings. The standard InChI is InChI=1S/C15H21N3/c1-15(2)8-11(9-16-15)17-13-10-18(3)14-7-5-4-6-12(13)14/h4-7,10-11,16-17H,8-9H2,1-3H3. The van der Waals surface area contributed by atoms with E-state index in [1.807, 2.05) is 0 Å². The highest BCUT2D eigenvalue weighted by Gasteiger charge is 2.30. The van der Waals surface area contributed by atoms with Gasteiger partial charge in [0.1, 0.15) is 0 Å². The normalized spacial score (nSPS) is 22.5. The minimum atomic E-state index is 0.252. The van der Waals surface area contributed by atoms with Crippen LogP contribution in [0.15, 0.2) is 30.5 Å². The van der Waals surface area contributed by atoms with Gasteiger partial charge in [-0.25, -0.2) is 0 Å². The third-order valence-electron chi connectivity index (χ3n) is 3.84. The highest BCUT2D eigenvalue weighted by molar-refractivity contribution is 5.93. The fourth-order valence-electron chi connectivity index (χ4n) is 2.94. The van der Waals surface area contributed by atoms with E-state index < -0.39 is 0 Å². The molecular weight excluding hydrogens is 222 g/mol. The average Bonchev–Trinajstić information content (AvgIpc) is 2.82. The van der Waals surface area contributed by atoms with Gasteiger partial charge in [0, 0.05) is 42.3 Å². The van der Waals surface area contributed by atoms with Crippen molar-refractivity contribution >= 4 is 16.6 Å². The highest BCUT2D eigenvalue weighted by Crippen LogP contribution is 2.28. The van der Waals surface area contributed by atoms with Crippen molar-refractivity contribution in [2.75, 3.05) is 11.9 Å². The van der Waals surface area contributed by atoms with E-state index in [1.165, 1.54) is 16.6 Å². The summed E-state index contributed by atoms with van der Waals surface area (Å²) < 4.78 is 2.19. The lowest BCUT2D eigenvalue weighted by Gasteiger charge is -2.17. The number of fused-ring (bicyclic) bond motifs is 1. The Hall–Kier alpha value is -1.48. The molecule has 1 aromatic heterocycles. The van der Waals surface area contributed by atoms with Crippen LogP contribution in [0.1, 0.15) is 20.3 Å². The molecule has 1 atom stereocenters. The van der Waals surface area contributed by atoms with Crippen molar-refractivity contribution in [3.05, 3.63) is 30.5 Å². The van der Waals surface area contributed by atoms with E-state index in [9.17, 15) is 0 Å². The lowest BCUT2D eigenvalue weighted by Crippen LogP contribution is -2.31. The van der Waals surface area contributed by atoms with Gasteiger partial charge in [0.15, 0.2) is 0 Å². The molecule has 3 rings (SSSR count). The number of aryl methyl sites for hydroxylation is 1. The molecule has 0 aliphatic carbocycles. The summed E-state index contributed by atoms with van der Waals surface area (Å²) in [6.45, 7) is 5.56. The lowest BCUT2D eigenvalue weighted by molar-refractivity contribution is 0.457. The third-order valence-corrected chi connectivity index (χ3v) is 3.84. The zero-order valence-electron chi connectivity index (χ0n) is 11.3. The van der Waals surface area contributed by atoms with Gasteiger partial charge in [-0.15, -0.1) is 0 Å². The fraction of sp³-hybridized carbons (Fsp3) is 0.467. The van der Waals surface area contributed by atoms with Crippen molar-refractivity contribution in [2.24, 2.45) is 7.05 Å². The first-order valence-electron chi connectivity index (χ1n) is 6.61. The number of benzene rings is 1. The van der Waals surface area contributed by atoms with E-state index in [1.54, 1.807) is 0 Å². The molecule has 2 heterocycles. The van der Waals surface area contributed by atoms with Crippen LogP contribution < -0.4 is 10.6 Å². The summed E-state index contributed by atoms with van der Waals surface area (Å²) in [7, 11) is 2.10. The molecule has 0 saturated carbocycles. The minimum absolute atomic E-state index is 0.252. The lowest BCUT2D eigenvalue weighted by atomic mass is 10.0. The summed E-state index contributed by atoms with van der Waals surface area (Å²) in [6.07, 6.45) is 3.35. The second kappa shape index (κ2) is 4.02. The number of aromatic nitrogens is 1. The van der Waals surface area contributed by atoms with E-state index in [2.05, 4.69) is 66.6 Å². The van der Waals surface area contributed by atoms with Crippen LogP contribution in [0, 0.1) is 0 Å². The molecular formula is C15H21N3. The number of para-hydroxylation sites is 1. The molecule has 0 bridgehead atoms. The molecule has 3 nitrogen and oxygen atoms in total. The van der Waals surface area contributed by atoms with Gasteiger partial charge in [0.25, 0.3) is 0 Å². The number of hydrogen-bond acceptors (Lipinski definition) is 2. The van der Waals surface area contributed by atoms with Gasteiger partial charge in [-0.05, 0) is 26.3 Å². The number of nitrogens with zero attached hydrogens (tertiary/aromatic N) is 1. The van der Waals surface area contributed by atoms with E-state index in [4.69, 9.17) is 0 Å². The van der Waals surface area contributed by atoms with Crippen molar-refractivity contribution in [1.82, 2.24) is 9.88 Å². The monoisotopic (exact) mass is 243 g/mol. The number of anilines is 1. The smallest absolute Gasteiger partial charge is 0.0602 e. The molecule has 3 heteroatoms. The SMILES string of the molecule is Cn1cc(NC2CNC(C)(C)C2)c2ccccc21. The summed E-state index contributed by atoms with van der Waals surface area (Å²) in [5.41, 5.74) is 2.78. The van der Waals surface area contributed by atoms with E-state index >= 15 is 0 Å². The first-order valence-corrected chi connectivity index (χ1v) is 6.61. The number of nitrogens with one attached hydrogen (secondary N) is 2. The highest BCUT2D eigenvalue weighted by atomic mass is 15.1. The van der Waals surface area contributed by atoms with Crippen LogP contribution >= 0.6 is 0 Å². The van der Waals surface area contributed by atoms with Crippen LogP contribution in [-0.2, 0) is 7.05 Å². The van der Waals surface area contributed by atoms with Crippen LogP contribution in [-0.4, -0.2) is 22.7 Å². The largest absolute Gasteiger partial charge is 0.379 e. The summed E-state index contributed by atoms with van der Waals surface area (Å²) in [4.78, 5) is 0. The number of hydrogen-bond donors (Lipinski definition) is 2. The Bertz CT molecular complexity index is 568.